The first-order chi connectivity index (χ1) is 7.06. The van der Waals surface area contributed by atoms with E-state index in [-0.39, 0.29) is 0 Å². The van der Waals surface area contributed by atoms with Gasteiger partial charge in [-0.15, -0.1) is 0 Å². The van der Waals surface area contributed by atoms with Gasteiger partial charge in [0.15, 0.2) is 0 Å². The average molecular weight is 203 g/mol. The predicted molar refractivity (Wildman–Crippen MR) is 65.4 cm³/mol. The van der Waals surface area contributed by atoms with E-state index in [2.05, 4.69) is 45.3 Å². The van der Waals surface area contributed by atoms with Crippen LogP contribution in [0.3, 0.4) is 0 Å². The van der Waals surface area contributed by atoms with Crippen LogP contribution < -0.4 is 5.32 Å². The predicted octanol–water partition coefficient (Wildman–Crippen LogP) is 2.91. The highest BCUT2D eigenvalue weighted by Gasteiger charge is 2.40. The minimum Gasteiger partial charge on any atom is -0.314 e. The first-order valence-electron chi connectivity index (χ1n) is 5.82. The van der Waals surface area contributed by atoms with Gasteiger partial charge in [-0.25, -0.2) is 0 Å². The lowest BCUT2D eigenvalue weighted by atomic mass is 9.95. The van der Waals surface area contributed by atoms with Crippen molar-refractivity contribution < 1.29 is 0 Å². The number of rotatable bonds is 3. The second kappa shape index (κ2) is 3.64. The second-order valence-electron chi connectivity index (χ2n) is 5.07. The molecule has 1 N–H and O–H groups in total. The maximum atomic E-state index is 3.46. The summed E-state index contributed by atoms with van der Waals surface area (Å²) in [6, 6.07) is 4.68. The molecule has 0 aliphatic heterocycles. The van der Waals surface area contributed by atoms with Gasteiger partial charge in [0, 0.05) is 5.54 Å². The molecule has 0 bridgehead atoms. The van der Waals surface area contributed by atoms with Gasteiger partial charge in [0.2, 0.25) is 0 Å². The number of benzene rings is 1. The number of hydrogen-bond acceptors (Lipinski definition) is 1. The summed E-state index contributed by atoms with van der Waals surface area (Å²) in [5.41, 5.74) is 6.21. The Labute approximate surface area is 92.9 Å². The van der Waals surface area contributed by atoms with Gasteiger partial charge in [0.1, 0.15) is 0 Å². The molecule has 15 heavy (non-hydrogen) atoms. The lowest BCUT2D eigenvalue weighted by Gasteiger charge is -2.17. The third-order valence-corrected chi connectivity index (χ3v) is 3.86. The molecule has 1 aromatic rings. The summed E-state index contributed by atoms with van der Waals surface area (Å²) in [6.45, 7) is 6.63. The number of nitrogens with one attached hydrogen (secondary N) is 1. The smallest absolute Gasteiger partial charge is 0.0220 e. The molecule has 1 aromatic carbocycles. The zero-order valence-electron chi connectivity index (χ0n) is 10.3. The molecule has 0 spiro atoms. The van der Waals surface area contributed by atoms with Crippen molar-refractivity contribution in [3.8, 4) is 0 Å². The van der Waals surface area contributed by atoms with Gasteiger partial charge in [-0.05, 0) is 69.3 Å². The van der Waals surface area contributed by atoms with Crippen LogP contribution in [0, 0.1) is 20.8 Å². The summed E-state index contributed by atoms with van der Waals surface area (Å²) in [6.07, 6.45) is 3.85. The van der Waals surface area contributed by atoms with E-state index in [0.717, 1.165) is 0 Å². The Bertz CT molecular complexity index is 375. The second-order valence-corrected chi connectivity index (χ2v) is 5.07. The summed E-state index contributed by atoms with van der Waals surface area (Å²) in [5, 5.41) is 3.46. The molecule has 0 unspecified atom stereocenters. The minimum absolute atomic E-state index is 0.423. The molecular weight excluding hydrogens is 182 g/mol. The lowest BCUT2D eigenvalue weighted by molar-refractivity contribution is 0.547. The van der Waals surface area contributed by atoms with Crippen molar-refractivity contribution in [2.45, 2.75) is 45.6 Å². The molecule has 0 radical (unpaired) electrons. The van der Waals surface area contributed by atoms with E-state index < -0.39 is 0 Å². The van der Waals surface area contributed by atoms with E-state index >= 15 is 0 Å². The summed E-state index contributed by atoms with van der Waals surface area (Å²) in [5.74, 6) is 0. The Morgan fingerprint density at radius 3 is 2.20 bits per heavy atom. The quantitative estimate of drug-likeness (QED) is 0.796. The van der Waals surface area contributed by atoms with Crippen LogP contribution in [0.2, 0.25) is 0 Å². The van der Waals surface area contributed by atoms with Crippen molar-refractivity contribution in [1.82, 2.24) is 5.32 Å². The Morgan fingerprint density at radius 2 is 1.67 bits per heavy atom. The molecule has 0 atom stereocenters. The SMILES string of the molecule is CNC1(Cc2cc(C)c(C)cc2C)CC1. The zero-order valence-corrected chi connectivity index (χ0v) is 10.3. The summed E-state index contributed by atoms with van der Waals surface area (Å²) in [7, 11) is 2.09. The Hall–Kier alpha value is -0.820. The third-order valence-electron chi connectivity index (χ3n) is 3.86. The van der Waals surface area contributed by atoms with Crippen LogP contribution in [0.5, 0.6) is 0 Å². The van der Waals surface area contributed by atoms with Crippen LogP contribution in [-0.4, -0.2) is 12.6 Å². The van der Waals surface area contributed by atoms with E-state index in [9.17, 15) is 0 Å². The molecule has 1 nitrogen and oxygen atoms in total. The lowest BCUT2D eigenvalue weighted by Crippen LogP contribution is -2.29. The summed E-state index contributed by atoms with van der Waals surface area (Å²) >= 11 is 0. The van der Waals surface area contributed by atoms with Crippen LogP contribution in [0.1, 0.15) is 35.1 Å². The van der Waals surface area contributed by atoms with E-state index in [0.29, 0.717) is 5.54 Å². The standard InChI is InChI=1S/C14H21N/c1-10-7-12(3)13(8-11(10)2)9-14(15-4)5-6-14/h7-8,15H,5-6,9H2,1-4H3. The monoisotopic (exact) mass is 203 g/mol. The highest BCUT2D eigenvalue weighted by Crippen LogP contribution is 2.38. The maximum absolute atomic E-state index is 3.46. The molecule has 1 fully saturated rings. The number of aryl methyl sites for hydroxylation is 3. The van der Waals surface area contributed by atoms with Crippen molar-refractivity contribution in [3.63, 3.8) is 0 Å². The molecule has 2 rings (SSSR count). The zero-order chi connectivity index (χ0) is 11.1. The van der Waals surface area contributed by atoms with Crippen molar-refractivity contribution in [2.24, 2.45) is 0 Å². The first-order valence-corrected chi connectivity index (χ1v) is 5.82. The van der Waals surface area contributed by atoms with E-state index in [1.54, 1.807) is 0 Å². The molecule has 0 heterocycles. The molecule has 1 heteroatoms. The fourth-order valence-corrected chi connectivity index (χ4v) is 2.24. The normalized spacial score (nSPS) is 17.9. The summed E-state index contributed by atoms with van der Waals surface area (Å²) < 4.78 is 0. The van der Waals surface area contributed by atoms with Crippen LogP contribution in [-0.2, 0) is 6.42 Å². The molecule has 1 saturated carbocycles. The first kappa shape index (κ1) is 10.7. The third kappa shape index (κ3) is 2.07. The van der Waals surface area contributed by atoms with E-state index in [1.807, 2.05) is 0 Å². The average Bonchev–Trinajstić information content (AvgIpc) is 2.95. The highest BCUT2D eigenvalue weighted by molar-refractivity contribution is 5.38. The van der Waals surface area contributed by atoms with Crippen LogP contribution in [0.4, 0.5) is 0 Å². The van der Waals surface area contributed by atoms with Gasteiger partial charge in [0.05, 0.1) is 0 Å². The summed E-state index contributed by atoms with van der Waals surface area (Å²) in [4.78, 5) is 0. The number of hydrogen-bond donors (Lipinski definition) is 1. The molecule has 82 valence electrons. The van der Waals surface area contributed by atoms with Crippen molar-refractivity contribution in [3.05, 3.63) is 34.4 Å². The fourth-order valence-electron chi connectivity index (χ4n) is 2.24. The topological polar surface area (TPSA) is 12.0 Å². The van der Waals surface area contributed by atoms with Gasteiger partial charge in [-0.2, -0.15) is 0 Å². The fraction of sp³-hybridized carbons (Fsp3) is 0.571. The maximum Gasteiger partial charge on any atom is 0.0220 e. The Balaban J connectivity index is 2.25. The number of likely N-dealkylation sites (N-methyl/N-ethyl adjacent to an activating group) is 1. The van der Waals surface area contributed by atoms with Gasteiger partial charge in [0.25, 0.3) is 0 Å². The van der Waals surface area contributed by atoms with Gasteiger partial charge in [-0.1, -0.05) is 12.1 Å². The molecule has 0 saturated heterocycles. The Morgan fingerprint density at radius 1 is 1.07 bits per heavy atom. The van der Waals surface area contributed by atoms with Crippen molar-refractivity contribution in [2.75, 3.05) is 7.05 Å². The van der Waals surface area contributed by atoms with Gasteiger partial charge < -0.3 is 5.32 Å². The van der Waals surface area contributed by atoms with E-state index in [4.69, 9.17) is 0 Å². The van der Waals surface area contributed by atoms with Crippen molar-refractivity contribution in [1.29, 1.82) is 0 Å². The molecular formula is C14H21N. The largest absolute Gasteiger partial charge is 0.314 e. The minimum atomic E-state index is 0.423. The molecule has 0 amide bonds. The van der Waals surface area contributed by atoms with E-state index in [1.165, 1.54) is 41.5 Å². The Kier molecular flexibility index (Phi) is 2.59. The highest BCUT2D eigenvalue weighted by atomic mass is 15.0. The van der Waals surface area contributed by atoms with Gasteiger partial charge >= 0.3 is 0 Å². The van der Waals surface area contributed by atoms with Crippen LogP contribution >= 0.6 is 0 Å². The van der Waals surface area contributed by atoms with Crippen LogP contribution in [0.25, 0.3) is 0 Å². The molecule has 0 aromatic heterocycles. The molecule has 1 aliphatic rings. The van der Waals surface area contributed by atoms with Gasteiger partial charge in [-0.3, -0.25) is 0 Å². The van der Waals surface area contributed by atoms with Crippen molar-refractivity contribution >= 4 is 0 Å². The molecule has 1 aliphatic carbocycles. The van der Waals surface area contributed by atoms with Crippen LogP contribution in [0.15, 0.2) is 12.1 Å².